The van der Waals surface area contributed by atoms with Gasteiger partial charge in [-0.25, -0.2) is 4.98 Å². The van der Waals surface area contributed by atoms with Crippen LogP contribution >= 0.6 is 0 Å². The summed E-state index contributed by atoms with van der Waals surface area (Å²) >= 11 is 0. The van der Waals surface area contributed by atoms with Crippen LogP contribution in [0.4, 0.5) is 5.95 Å². The molecule has 0 saturated heterocycles. The number of amides is 1. The van der Waals surface area contributed by atoms with E-state index in [2.05, 4.69) is 6.92 Å². The molecule has 34 heavy (non-hydrogen) atoms. The Labute approximate surface area is 199 Å². The lowest BCUT2D eigenvalue weighted by atomic mass is 9.89. The van der Waals surface area contributed by atoms with Crippen LogP contribution in [0.15, 0.2) is 48.5 Å². The maximum Gasteiger partial charge on any atom is 0.321 e. The number of methoxy groups -OCH3 is 1. The van der Waals surface area contributed by atoms with Crippen molar-refractivity contribution < 1.29 is 23.8 Å². The molecule has 4 rings (SSSR count). The van der Waals surface area contributed by atoms with Crippen molar-refractivity contribution in [2.45, 2.75) is 32.7 Å². The van der Waals surface area contributed by atoms with Gasteiger partial charge < -0.3 is 18.8 Å². The Morgan fingerprint density at radius 3 is 2.53 bits per heavy atom. The number of esters is 1. The number of rotatable bonds is 10. The Balaban J connectivity index is 1.86. The number of anilines is 1. The average molecular weight is 466 g/mol. The molecule has 180 valence electrons. The lowest BCUT2D eigenvalue weighted by Crippen LogP contribution is -2.50. The Bertz CT molecular complexity index is 1140. The molecule has 1 aliphatic rings. The summed E-state index contributed by atoms with van der Waals surface area (Å²) in [4.78, 5) is 33.3. The van der Waals surface area contributed by atoms with Crippen molar-refractivity contribution in [3.05, 3.63) is 54.1 Å². The molecule has 2 heterocycles. The lowest BCUT2D eigenvalue weighted by Gasteiger charge is -2.38. The fourth-order valence-electron chi connectivity index (χ4n) is 4.41. The first kappa shape index (κ1) is 23.8. The molecule has 1 aliphatic heterocycles. The van der Waals surface area contributed by atoms with Crippen molar-refractivity contribution in [1.29, 1.82) is 0 Å². The van der Waals surface area contributed by atoms with Crippen LogP contribution in [0.1, 0.15) is 38.3 Å². The highest BCUT2D eigenvalue weighted by atomic mass is 16.5. The van der Waals surface area contributed by atoms with E-state index in [0.29, 0.717) is 32.1 Å². The molecule has 0 N–H and O–H groups in total. The number of nitrogens with zero attached hydrogens (tertiary/aromatic N) is 3. The molecule has 1 amide bonds. The number of fused-ring (bicyclic) bond motifs is 3. The van der Waals surface area contributed by atoms with E-state index >= 15 is 0 Å². The van der Waals surface area contributed by atoms with Crippen LogP contribution in [-0.2, 0) is 19.1 Å². The highest BCUT2D eigenvalue weighted by Crippen LogP contribution is 2.41. The first-order valence-corrected chi connectivity index (χ1v) is 11.8. The Kier molecular flexibility index (Phi) is 7.47. The lowest BCUT2D eigenvalue weighted by molar-refractivity contribution is -0.153. The molecule has 0 radical (unpaired) electrons. The van der Waals surface area contributed by atoms with Gasteiger partial charge in [0.1, 0.15) is 5.75 Å². The van der Waals surface area contributed by atoms with Crippen molar-refractivity contribution in [1.82, 2.24) is 9.55 Å². The zero-order valence-corrected chi connectivity index (χ0v) is 19.9. The predicted octanol–water partition coefficient (Wildman–Crippen LogP) is 3.98. The standard InChI is InChI=1S/C26H31N3O5/c1-4-16-34-19-13-11-18(12-14-19)23-22(25(31)33-5-2)24(30)28(15-8-17-32-3)26-27-20-9-6-7-10-21(20)29(23)26/h6-7,9-14,22-23H,4-5,8,15-17H2,1-3H3/t22-,23-/m1/s1. The van der Waals surface area contributed by atoms with Crippen LogP contribution in [0.3, 0.4) is 0 Å². The van der Waals surface area contributed by atoms with Gasteiger partial charge in [0.2, 0.25) is 11.9 Å². The quantitative estimate of drug-likeness (QED) is 0.256. The molecule has 2 aromatic carbocycles. The van der Waals surface area contributed by atoms with Crippen LogP contribution < -0.4 is 9.64 Å². The van der Waals surface area contributed by atoms with Crippen LogP contribution in [0, 0.1) is 5.92 Å². The normalized spacial score (nSPS) is 17.6. The average Bonchev–Trinajstić information content (AvgIpc) is 3.23. The number of hydrogen-bond acceptors (Lipinski definition) is 6. The van der Waals surface area contributed by atoms with E-state index in [9.17, 15) is 9.59 Å². The van der Waals surface area contributed by atoms with Crippen molar-refractivity contribution >= 4 is 28.9 Å². The molecule has 0 saturated carbocycles. The van der Waals surface area contributed by atoms with E-state index in [1.165, 1.54) is 0 Å². The van der Waals surface area contributed by atoms with Crippen LogP contribution in [0.2, 0.25) is 0 Å². The largest absolute Gasteiger partial charge is 0.494 e. The van der Waals surface area contributed by atoms with Gasteiger partial charge in [0, 0.05) is 20.3 Å². The van der Waals surface area contributed by atoms with Crippen molar-refractivity contribution in [2.24, 2.45) is 5.92 Å². The number of carbonyl (C=O) groups is 2. The molecule has 0 fully saturated rings. The zero-order chi connectivity index (χ0) is 24.1. The van der Waals surface area contributed by atoms with Gasteiger partial charge in [-0.3, -0.25) is 14.5 Å². The highest BCUT2D eigenvalue weighted by Gasteiger charge is 2.47. The van der Waals surface area contributed by atoms with Gasteiger partial charge in [-0.2, -0.15) is 0 Å². The van der Waals surface area contributed by atoms with Crippen molar-refractivity contribution in [3.8, 4) is 5.75 Å². The molecule has 2 atom stereocenters. The highest BCUT2D eigenvalue weighted by molar-refractivity contribution is 6.08. The number of hydrogen-bond donors (Lipinski definition) is 0. The number of para-hydroxylation sites is 2. The number of aromatic nitrogens is 2. The molecule has 1 aromatic heterocycles. The summed E-state index contributed by atoms with van der Waals surface area (Å²) in [7, 11) is 1.62. The van der Waals surface area contributed by atoms with Gasteiger partial charge in [-0.05, 0) is 49.6 Å². The summed E-state index contributed by atoms with van der Waals surface area (Å²) in [6.07, 6.45) is 1.53. The van der Waals surface area contributed by atoms with E-state index in [1.54, 1.807) is 18.9 Å². The van der Waals surface area contributed by atoms with Gasteiger partial charge in [-0.1, -0.05) is 31.2 Å². The minimum absolute atomic E-state index is 0.195. The number of ether oxygens (including phenoxy) is 3. The third kappa shape index (κ3) is 4.50. The monoisotopic (exact) mass is 465 g/mol. The van der Waals surface area contributed by atoms with Crippen LogP contribution in [0.25, 0.3) is 11.0 Å². The zero-order valence-electron chi connectivity index (χ0n) is 19.9. The van der Waals surface area contributed by atoms with Gasteiger partial charge in [0.25, 0.3) is 0 Å². The Hall–Kier alpha value is -3.39. The second-order valence-electron chi connectivity index (χ2n) is 8.20. The maximum absolute atomic E-state index is 13.8. The van der Waals surface area contributed by atoms with E-state index in [-0.39, 0.29) is 12.5 Å². The van der Waals surface area contributed by atoms with Gasteiger partial charge in [0.15, 0.2) is 5.92 Å². The molecule has 0 unspecified atom stereocenters. The topological polar surface area (TPSA) is 82.9 Å². The molecule has 8 nitrogen and oxygen atoms in total. The minimum Gasteiger partial charge on any atom is -0.494 e. The summed E-state index contributed by atoms with van der Waals surface area (Å²) in [5.74, 6) is -0.607. The second kappa shape index (κ2) is 10.7. The smallest absolute Gasteiger partial charge is 0.321 e. The predicted molar refractivity (Wildman–Crippen MR) is 129 cm³/mol. The molecule has 0 spiro atoms. The third-order valence-corrected chi connectivity index (χ3v) is 5.91. The molecule has 0 bridgehead atoms. The number of imidazole rings is 1. The van der Waals surface area contributed by atoms with Gasteiger partial charge in [-0.15, -0.1) is 0 Å². The molecule has 3 aromatic rings. The molecule has 8 heteroatoms. The maximum atomic E-state index is 13.8. The van der Waals surface area contributed by atoms with Crippen LogP contribution in [-0.4, -0.2) is 54.9 Å². The van der Waals surface area contributed by atoms with E-state index < -0.39 is 17.9 Å². The van der Waals surface area contributed by atoms with E-state index in [4.69, 9.17) is 19.2 Å². The summed E-state index contributed by atoms with van der Waals surface area (Å²) < 4.78 is 18.3. The Morgan fingerprint density at radius 1 is 1.06 bits per heavy atom. The summed E-state index contributed by atoms with van der Waals surface area (Å²) in [5.41, 5.74) is 2.43. The minimum atomic E-state index is -1.03. The molecule has 0 aliphatic carbocycles. The van der Waals surface area contributed by atoms with Gasteiger partial charge in [0.05, 0.1) is 30.3 Å². The van der Waals surface area contributed by atoms with E-state index in [0.717, 1.165) is 28.8 Å². The third-order valence-electron chi connectivity index (χ3n) is 5.91. The molecular formula is C26H31N3O5. The summed E-state index contributed by atoms with van der Waals surface area (Å²) in [5, 5.41) is 0. The SMILES string of the molecule is CCCOc1ccc([C@@H]2[C@@H](C(=O)OCC)C(=O)N(CCCOC)c3nc4ccccc4n32)cc1. The Morgan fingerprint density at radius 2 is 1.82 bits per heavy atom. The first-order chi connectivity index (χ1) is 16.6. The first-order valence-electron chi connectivity index (χ1n) is 11.8. The number of carbonyl (C=O) groups excluding carboxylic acids is 2. The van der Waals surface area contributed by atoms with Gasteiger partial charge >= 0.3 is 5.97 Å². The second-order valence-corrected chi connectivity index (χ2v) is 8.20. The van der Waals surface area contributed by atoms with Crippen molar-refractivity contribution in [2.75, 3.05) is 38.4 Å². The fraction of sp³-hybridized carbons (Fsp3) is 0.423. The van der Waals surface area contributed by atoms with E-state index in [1.807, 2.05) is 53.1 Å². The van der Waals surface area contributed by atoms with Crippen LogP contribution in [0.5, 0.6) is 5.75 Å². The fourth-order valence-corrected chi connectivity index (χ4v) is 4.41. The summed E-state index contributed by atoms with van der Waals surface area (Å²) in [6.45, 7) is 5.50. The van der Waals surface area contributed by atoms with Crippen molar-refractivity contribution in [3.63, 3.8) is 0 Å². The molecular weight excluding hydrogens is 434 g/mol. The number of benzene rings is 2. The summed E-state index contributed by atoms with van der Waals surface area (Å²) in [6, 6.07) is 14.7.